The molecule has 1 nitrogen and oxygen atoms in total. The highest BCUT2D eigenvalue weighted by molar-refractivity contribution is 7.99. The second-order valence-corrected chi connectivity index (χ2v) is 10.0. The van der Waals surface area contributed by atoms with E-state index in [-0.39, 0.29) is 4.90 Å². The maximum atomic E-state index is 12.7. The zero-order valence-corrected chi connectivity index (χ0v) is 20.9. The molecule has 0 aliphatic carbocycles. The lowest BCUT2D eigenvalue weighted by Gasteiger charge is -2.15. The zero-order chi connectivity index (χ0) is 24.1. The van der Waals surface area contributed by atoms with E-state index in [1.165, 1.54) is 30.2 Å². The summed E-state index contributed by atoms with van der Waals surface area (Å²) in [6.07, 6.45) is -2.06. The van der Waals surface area contributed by atoms with E-state index in [1.54, 1.807) is 26.4 Å². The Labute approximate surface area is 193 Å². The first-order valence-corrected chi connectivity index (χ1v) is 13.8. The topological polar surface area (TPSA) is 17.1 Å². The number of halogens is 6. The van der Waals surface area contributed by atoms with Gasteiger partial charge in [0.25, 0.3) is 0 Å². The van der Waals surface area contributed by atoms with Gasteiger partial charge in [-0.25, -0.2) is 0 Å². The predicted octanol–water partition coefficient (Wildman–Crippen LogP) is 7.93. The Bertz CT molecular complexity index is 939. The third-order valence-electron chi connectivity index (χ3n) is 4.26. The van der Waals surface area contributed by atoms with Gasteiger partial charge in [0, 0.05) is 25.8 Å². The number of alkyl halides is 6. The van der Waals surface area contributed by atoms with Gasteiger partial charge in [-0.1, -0.05) is 0 Å². The summed E-state index contributed by atoms with van der Waals surface area (Å²) >= 11 is 3.63. The number of thioether (sulfide) groups is 3. The molecule has 0 aliphatic heterocycles. The molecule has 0 aromatic heterocycles. The van der Waals surface area contributed by atoms with Crippen LogP contribution in [-0.4, -0.2) is 29.2 Å². The maximum Gasteiger partial charge on any atom is 0.417 e. The van der Waals surface area contributed by atoms with E-state index >= 15 is 0 Å². The van der Waals surface area contributed by atoms with E-state index in [0.717, 1.165) is 40.6 Å². The summed E-state index contributed by atoms with van der Waals surface area (Å²) in [5.74, 6) is 0. The summed E-state index contributed by atoms with van der Waals surface area (Å²) < 4.78 is 87.2. The Balaban J connectivity index is 0.000000311. The smallest absolute Gasteiger partial charge is 0.255 e. The molecule has 0 spiro atoms. The Morgan fingerprint density at radius 3 is 1.48 bits per heavy atom. The van der Waals surface area contributed by atoms with Crippen LogP contribution in [0.1, 0.15) is 22.3 Å². The van der Waals surface area contributed by atoms with Gasteiger partial charge in [-0.05, 0) is 68.0 Å². The van der Waals surface area contributed by atoms with Crippen molar-refractivity contribution in [3.63, 3.8) is 0 Å². The highest BCUT2D eigenvalue weighted by atomic mass is 32.2. The normalized spacial score (nSPS) is 12.9. The molecule has 0 N–H and O–H groups in total. The monoisotopic (exact) mass is 520 g/mol. The molecule has 0 fully saturated rings. The fourth-order valence-corrected chi connectivity index (χ4v) is 6.03. The number of hydrogen-bond acceptors (Lipinski definition) is 4. The van der Waals surface area contributed by atoms with Crippen LogP contribution >= 0.6 is 35.3 Å². The van der Waals surface area contributed by atoms with Crippen molar-refractivity contribution in [1.29, 1.82) is 0 Å². The molecule has 2 aromatic rings. The fraction of sp³-hybridized carbons (Fsp3) is 0.400. The van der Waals surface area contributed by atoms with Crippen molar-refractivity contribution in [3.8, 4) is 0 Å². The zero-order valence-electron chi connectivity index (χ0n) is 17.6. The Morgan fingerprint density at radius 1 is 0.710 bits per heavy atom. The van der Waals surface area contributed by atoms with E-state index in [9.17, 15) is 30.6 Å². The molecule has 1 atom stereocenters. The molecule has 1 unspecified atom stereocenters. The lowest BCUT2D eigenvalue weighted by molar-refractivity contribution is -0.140. The standard InChI is InChI=1S/C10H11F3OS2.C10H11F3S2/c1-6-8(16(3)14)5-4-7(9(6)15-2)10(11,12)13;1-6-8(14-2)5-4-7(9(6)15-3)10(11,12)13/h4-5H,1-3H3;4-5H,1-3H3. The summed E-state index contributed by atoms with van der Waals surface area (Å²) in [5.41, 5.74) is -0.0371. The van der Waals surface area contributed by atoms with Gasteiger partial charge in [0.2, 0.25) is 0 Å². The molecule has 11 heteroatoms. The molecule has 174 valence electrons. The van der Waals surface area contributed by atoms with E-state index < -0.39 is 34.3 Å². The van der Waals surface area contributed by atoms with Crippen LogP contribution in [0.2, 0.25) is 0 Å². The van der Waals surface area contributed by atoms with Gasteiger partial charge in [0.15, 0.2) is 0 Å². The first kappa shape index (κ1) is 28.3. The maximum absolute atomic E-state index is 12.7. The second kappa shape index (κ2) is 11.4. The lowest BCUT2D eigenvalue weighted by Crippen LogP contribution is -2.09. The Kier molecular flexibility index (Phi) is 10.4. The van der Waals surface area contributed by atoms with Gasteiger partial charge in [-0.2, -0.15) is 26.3 Å². The van der Waals surface area contributed by atoms with Crippen LogP contribution in [0.25, 0.3) is 0 Å². The van der Waals surface area contributed by atoms with Crippen molar-refractivity contribution in [1.82, 2.24) is 0 Å². The van der Waals surface area contributed by atoms with E-state index in [2.05, 4.69) is 0 Å². The second-order valence-electron chi connectivity index (χ2n) is 6.19. The van der Waals surface area contributed by atoms with E-state index in [4.69, 9.17) is 0 Å². The SMILES string of the molecule is CSc1c(C(F)(F)F)ccc(S(C)=O)c1C.CSc1ccc(C(F)(F)F)c(SC)c1C. The van der Waals surface area contributed by atoms with Crippen LogP contribution in [0.4, 0.5) is 26.3 Å². The third kappa shape index (κ3) is 7.10. The highest BCUT2D eigenvalue weighted by Gasteiger charge is 2.35. The molecule has 0 bridgehead atoms. The van der Waals surface area contributed by atoms with Crippen LogP contribution in [0.3, 0.4) is 0 Å². The molecular formula is C20H22F6OS4. The summed E-state index contributed by atoms with van der Waals surface area (Å²) in [7, 11) is -1.27. The van der Waals surface area contributed by atoms with E-state index in [1.807, 2.05) is 6.26 Å². The van der Waals surface area contributed by atoms with Crippen molar-refractivity contribution in [2.75, 3.05) is 25.0 Å². The van der Waals surface area contributed by atoms with Gasteiger partial charge >= 0.3 is 12.4 Å². The van der Waals surface area contributed by atoms with Crippen molar-refractivity contribution in [2.24, 2.45) is 0 Å². The summed E-state index contributed by atoms with van der Waals surface area (Å²) in [5, 5.41) is 0. The molecule has 0 aliphatic rings. The Hall–Kier alpha value is -0.780. The highest BCUT2D eigenvalue weighted by Crippen LogP contribution is 2.41. The first-order valence-electron chi connectivity index (χ1n) is 8.57. The first-order chi connectivity index (χ1) is 14.2. The average Bonchev–Trinajstić information content (AvgIpc) is 2.66. The van der Waals surface area contributed by atoms with Crippen LogP contribution in [0.5, 0.6) is 0 Å². The number of hydrogen-bond donors (Lipinski definition) is 0. The van der Waals surface area contributed by atoms with Gasteiger partial charge in [0.05, 0.1) is 21.9 Å². The van der Waals surface area contributed by atoms with Crippen LogP contribution in [0, 0.1) is 13.8 Å². The minimum absolute atomic E-state index is 0.153. The minimum Gasteiger partial charge on any atom is -0.255 e. The molecule has 31 heavy (non-hydrogen) atoms. The van der Waals surface area contributed by atoms with Gasteiger partial charge < -0.3 is 0 Å². The minimum atomic E-state index is -4.36. The van der Waals surface area contributed by atoms with Crippen LogP contribution < -0.4 is 0 Å². The summed E-state index contributed by atoms with van der Waals surface area (Å²) in [4.78, 5) is 1.83. The van der Waals surface area contributed by atoms with Crippen LogP contribution in [-0.2, 0) is 23.2 Å². The molecule has 2 aromatic carbocycles. The molecule has 0 amide bonds. The van der Waals surface area contributed by atoms with Crippen molar-refractivity contribution in [3.05, 3.63) is 46.5 Å². The molecular weight excluding hydrogens is 498 g/mol. The average molecular weight is 521 g/mol. The van der Waals surface area contributed by atoms with Gasteiger partial charge in [0.1, 0.15) is 0 Å². The van der Waals surface area contributed by atoms with Gasteiger partial charge in [-0.3, -0.25) is 4.21 Å². The number of rotatable bonds is 4. The quantitative estimate of drug-likeness (QED) is 0.301. The Morgan fingerprint density at radius 2 is 1.13 bits per heavy atom. The molecule has 2 rings (SSSR count). The third-order valence-corrected chi connectivity index (χ3v) is 8.07. The van der Waals surface area contributed by atoms with Crippen LogP contribution in [0.15, 0.2) is 43.8 Å². The van der Waals surface area contributed by atoms with Gasteiger partial charge in [-0.15, -0.1) is 35.3 Å². The predicted molar refractivity (Wildman–Crippen MR) is 120 cm³/mol. The lowest BCUT2D eigenvalue weighted by atomic mass is 10.1. The largest absolute Gasteiger partial charge is 0.417 e. The summed E-state index contributed by atoms with van der Waals surface area (Å²) in [6.45, 7) is 3.30. The van der Waals surface area contributed by atoms with E-state index in [0.29, 0.717) is 20.9 Å². The van der Waals surface area contributed by atoms with Crippen molar-refractivity contribution in [2.45, 2.75) is 45.8 Å². The molecule has 0 heterocycles. The van der Waals surface area contributed by atoms with Crippen molar-refractivity contribution < 1.29 is 30.6 Å². The summed E-state index contributed by atoms with van der Waals surface area (Å²) in [6, 6.07) is 4.97. The number of benzene rings is 2. The fourth-order valence-electron chi connectivity index (χ4n) is 2.85. The van der Waals surface area contributed by atoms with Crippen molar-refractivity contribution >= 4 is 46.1 Å². The molecule has 0 radical (unpaired) electrons. The molecule has 0 saturated carbocycles. The molecule has 0 saturated heterocycles.